The third-order valence-electron chi connectivity index (χ3n) is 4.25. The van der Waals surface area contributed by atoms with Gasteiger partial charge in [-0.15, -0.1) is 11.3 Å². The molecule has 1 saturated heterocycles. The molecule has 25 heavy (non-hydrogen) atoms. The van der Waals surface area contributed by atoms with Crippen LogP contribution in [0.3, 0.4) is 0 Å². The molecule has 1 fully saturated rings. The van der Waals surface area contributed by atoms with Crippen molar-refractivity contribution in [3.8, 4) is 16.3 Å². The van der Waals surface area contributed by atoms with Crippen molar-refractivity contribution in [3.63, 3.8) is 0 Å². The van der Waals surface area contributed by atoms with Crippen LogP contribution >= 0.6 is 11.3 Å². The number of rotatable bonds is 5. The molecular formula is C19H19N3O2S. The molecule has 0 spiro atoms. The SMILES string of the molecule is O=C(NCC1CCCO1)c1cn(-c2ccccc2)nc1-c1cccs1. The molecule has 3 aromatic rings. The minimum absolute atomic E-state index is 0.110. The Hall–Kier alpha value is -2.44. The van der Waals surface area contributed by atoms with Gasteiger partial charge in [-0.25, -0.2) is 4.68 Å². The van der Waals surface area contributed by atoms with Crippen LogP contribution in [0.25, 0.3) is 16.3 Å². The number of benzene rings is 1. The van der Waals surface area contributed by atoms with E-state index in [1.165, 1.54) is 0 Å². The molecule has 1 aromatic carbocycles. The smallest absolute Gasteiger partial charge is 0.255 e. The van der Waals surface area contributed by atoms with E-state index < -0.39 is 0 Å². The number of para-hydroxylation sites is 1. The van der Waals surface area contributed by atoms with E-state index in [0.717, 1.165) is 30.0 Å². The van der Waals surface area contributed by atoms with Gasteiger partial charge in [0.25, 0.3) is 5.91 Å². The monoisotopic (exact) mass is 353 g/mol. The Morgan fingerprint density at radius 3 is 2.88 bits per heavy atom. The lowest BCUT2D eigenvalue weighted by Gasteiger charge is -2.10. The maximum atomic E-state index is 12.7. The van der Waals surface area contributed by atoms with Gasteiger partial charge in [0.1, 0.15) is 5.69 Å². The second-order valence-electron chi connectivity index (χ2n) is 5.99. The Labute approximate surface area is 150 Å². The highest BCUT2D eigenvalue weighted by molar-refractivity contribution is 7.13. The van der Waals surface area contributed by atoms with Gasteiger partial charge in [0.15, 0.2) is 0 Å². The first-order valence-electron chi connectivity index (χ1n) is 8.40. The molecule has 0 bridgehead atoms. The molecule has 4 rings (SSSR count). The molecule has 0 aliphatic carbocycles. The molecule has 0 radical (unpaired) electrons. The Kier molecular flexibility index (Phi) is 4.63. The van der Waals surface area contributed by atoms with Crippen molar-refractivity contribution in [3.05, 3.63) is 59.6 Å². The van der Waals surface area contributed by atoms with Crippen molar-refractivity contribution in [2.24, 2.45) is 0 Å². The Balaban J connectivity index is 1.62. The highest BCUT2D eigenvalue weighted by Gasteiger charge is 2.21. The van der Waals surface area contributed by atoms with Crippen molar-refractivity contribution < 1.29 is 9.53 Å². The first kappa shape index (κ1) is 16.1. The number of nitrogens with zero attached hydrogens (tertiary/aromatic N) is 2. The topological polar surface area (TPSA) is 56.1 Å². The second kappa shape index (κ2) is 7.21. The van der Waals surface area contributed by atoms with Crippen LogP contribution in [-0.2, 0) is 4.74 Å². The molecule has 0 saturated carbocycles. The summed E-state index contributed by atoms with van der Waals surface area (Å²) in [6.45, 7) is 1.33. The van der Waals surface area contributed by atoms with Crippen molar-refractivity contribution in [2.75, 3.05) is 13.2 Å². The summed E-state index contributed by atoms with van der Waals surface area (Å²) >= 11 is 1.58. The lowest BCUT2D eigenvalue weighted by molar-refractivity contribution is 0.0858. The molecular weight excluding hydrogens is 334 g/mol. The van der Waals surface area contributed by atoms with E-state index in [1.54, 1.807) is 22.2 Å². The van der Waals surface area contributed by atoms with Crippen LogP contribution in [0, 0.1) is 0 Å². The van der Waals surface area contributed by atoms with Crippen LogP contribution in [0.15, 0.2) is 54.0 Å². The zero-order valence-corrected chi connectivity index (χ0v) is 14.5. The fraction of sp³-hybridized carbons (Fsp3) is 0.263. The minimum atomic E-state index is -0.110. The number of amides is 1. The molecule has 3 heterocycles. The largest absolute Gasteiger partial charge is 0.376 e. The van der Waals surface area contributed by atoms with Crippen molar-refractivity contribution in [1.29, 1.82) is 0 Å². The predicted octanol–water partition coefficient (Wildman–Crippen LogP) is 3.51. The highest BCUT2D eigenvalue weighted by Crippen LogP contribution is 2.27. The molecule has 1 amide bonds. The second-order valence-corrected chi connectivity index (χ2v) is 6.94. The summed E-state index contributed by atoms with van der Waals surface area (Å²) in [5.41, 5.74) is 2.23. The summed E-state index contributed by atoms with van der Waals surface area (Å²) in [4.78, 5) is 13.7. The van der Waals surface area contributed by atoms with Crippen molar-refractivity contribution in [2.45, 2.75) is 18.9 Å². The summed E-state index contributed by atoms with van der Waals surface area (Å²) in [6, 6.07) is 13.8. The van der Waals surface area contributed by atoms with Crippen molar-refractivity contribution in [1.82, 2.24) is 15.1 Å². The Bertz CT molecular complexity index is 837. The van der Waals surface area contributed by atoms with Gasteiger partial charge in [-0.2, -0.15) is 5.10 Å². The first-order valence-corrected chi connectivity index (χ1v) is 9.28. The molecule has 6 heteroatoms. The quantitative estimate of drug-likeness (QED) is 0.764. The fourth-order valence-electron chi connectivity index (χ4n) is 2.96. The van der Waals surface area contributed by atoms with E-state index in [-0.39, 0.29) is 12.0 Å². The summed E-state index contributed by atoms with van der Waals surface area (Å²) in [7, 11) is 0. The number of hydrogen-bond donors (Lipinski definition) is 1. The van der Waals surface area contributed by atoms with Gasteiger partial charge in [0.05, 0.1) is 22.2 Å². The van der Waals surface area contributed by atoms with Crippen molar-refractivity contribution >= 4 is 17.2 Å². The molecule has 1 aliphatic heterocycles. The third-order valence-corrected chi connectivity index (χ3v) is 5.13. The number of ether oxygens (including phenoxy) is 1. The van der Waals surface area contributed by atoms with Gasteiger partial charge < -0.3 is 10.1 Å². The molecule has 1 atom stereocenters. The number of aromatic nitrogens is 2. The molecule has 2 aromatic heterocycles. The summed E-state index contributed by atoms with van der Waals surface area (Å²) in [6.07, 6.45) is 3.99. The zero-order chi connectivity index (χ0) is 17.1. The van der Waals surface area contributed by atoms with Crippen LogP contribution in [0.2, 0.25) is 0 Å². The number of carbonyl (C=O) groups excluding carboxylic acids is 1. The average molecular weight is 353 g/mol. The van der Waals surface area contributed by atoms with Gasteiger partial charge in [0.2, 0.25) is 0 Å². The van der Waals surface area contributed by atoms with E-state index in [2.05, 4.69) is 10.4 Å². The lowest BCUT2D eigenvalue weighted by Crippen LogP contribution is -2.31. The summed E-state index contributed by atoms with van der Waals surface area (Å²) in [5.74, 6) is -0.110. The predicted molar refractivity (Wildman–Crippen MR) is 98.2 cm³/mol. The Morgan fingerprint density at radius 1 is 1.28 bits per heavy atom. The highest BCUT2D eigenvalue weighted by atomic mass is 32.1. The van der Waals surface area contributed by atoms with Crippen LogP contribution < -0.4 is 5.32 Å². The van der Waals surface area contributed by atoms with E-state index in [1.807, 2.05) is 47.8 Å². The van der Waals surface area contributed by atoms with E-state index >= 15 is 0 Å². The number of thiophene rings is 1. The maximum Gasteiger partial charge on any atom is 0.255 e. The number of nitrogens with one attached hydrogen (secondary N) is 1. The molecule has 1 N–H and O–H groups in total. The minimum Gasteiger partial charge on any atom is -0.376 e. The van der Waals surface area contributed by atoms with Gasteiger partial charge in [-0.05, 0) is 36.4 Å². The van der Waals surface area contributed by atoms with E-state index in [0.29, 0.717) is 17.8 Å². The van der Waals surface area contributed by atoms with Gasteiger partial charge in [-0.3, -0.25) is 4.79 Å². The van der Waals surface area contributed by atoms with Gasteiger partial charge in [0, 0.05) is 19.3 Å². The molecule has 5 nitrogen and oxygen atoms in total. The van der Waals surface area contributed by atoms with Crippen LogP contribution in [0.4, 0.5) is 0 Å². The fourth-order valence-corrected chi connectivity index (χ4v) is 3.68. The summed E-state index contributed by atoms with van der Waals surface area (Å²) < 4.78 is 7.34. The summed E-state index contributed by atoms with van der Waals surface area (Å²) in [5, 5.41) is 9.65. The molecule has 128 valence electrons. The molecule has 1 unspecified atom stereocenters. The number of carbonyl (C=O) groups is 1. The third kappa shape index (κ3) is 3.50. The van der Waals surface area contributed by atoms with E-state index in [4.69, 9.17) is 4.74 Å². The van der Waals surface area contributed by atoms with E-state index in [9.17, 15) is 4.79 Å². The standard InChI is InChI=1S/C19H19N3O2S/c23-19(20-12-15-8-4-10-24-15)16-13-22(14-6-2-1-3-7-14)21-18(16)17-9-5-11-25-17/h1-3,5-7,9,11,13,15H,4,8,10,12H2,(H,20,23). The van der Waals surface area contributed by atoms with Crippen LogP contribution in [-0.4, -0.2) is 34.9 Å². The molecule has 1 aliphatic rings. The van der Waals surface area contributed by atoms with Crippen LogP contribution in [0.1, 0.15) is 23.2 Å². The Morgan fingerprint density at radius 2 is 2.16 bits per heavy atom. The lowest BCUT2D eigenvalue weighted by atomic mass is 10.2. The maximum absolute atomic E-state index is 12.7. The zero-order valence-electron chi connectivity index (χ0n) is 13.7. The number of hydrogen-bond acceptors (Lipinski definition) is 4. The van der Waals surface area contributed by atoms with Gasteiger partial charge >= 0.3 is 0 Å². The average Bonchev–Trinajstić information content (AvgIpc) is 3.41. The normalized spacial score (nSPS) is 16.9. The first-order chi connectivity index (χ1) is 12.3. The van der Waals surface area contributed by atoms with Crippen LogP contribution in [0.5, 0.6) is 0 Å². The van der Waals surface area contributed by atoms with Gasteiger partial charge in [-0.1, -0.05) is 24.3 Å².